The molecule has 0 radical (unpaired) electrons. The van der Waals surface area contributed by atoms with E-state index in [1.807, 2.05) is 12.1 Å². The van der Waals surface area contributed by atoms with Crippen LogP contribution in [0.3, 0.4) is 0 Å². The monoisotopic (exact) mass is 177 g/mol. The second-order valence-electron chi connectivity index (χ2n) is 3.73. The zero-order valence-electron chi connectivity index (χ0n) is 7.66. The Morgan fingerprint density at radius 3 is 2.46 bits per heavy atom. The molecule has 1 saturated heterocycles. The molecule has 0 bridgehead atoms. The van der Waals surface area contributed by atoms with Crippen molar-refractivity contribution in [3.8, 4) is 5.75 Å². The van der Waals surface area contributed by atoms with Crippen LogP contribution in [0.25, 0.3) is 0 Å². The Bertz CT molecular complexity index is 264. The molecule has 0 unspecified atom stereocenters. The molecule has 0 aliphatic carbocycles. The van der Waals surface area contributed by atoms with Gasteiger partial charge in [0.2, 0.25) is 0 Å². The fraction of sp³-hybridized carbons (Fsp3) is 0.455. The zero-order valence-corrected chi connectivity index (χ0v) is 7.66. The molecule has 2 rings (SSSR count). The number of hydrogen-bond donors (Lipinski definition) is 2. The van der Waals surface area contributed by atoms with Gasteiger partial charge in [-0.15, -0.1) is 0 Å². The van der Waals surface area contributed by atoms with Crippen molar-refractivity contribution in [3.05, 3.63) is 29.8 Å². The minimum Gasteiger partial charge on any atom is -0.508 e. The predicted molar refractivity (Wildman–Crippen MR) is 52.8 cm³/mol. The van der Waals surface area contributed by atoms with Crippen LogP contribution in [0.1, 0.15) is 12.0 Å². The molecule has 2 heteroatoms. The molecule has 2 nitrogen and oxygen atoms in total. The SMILES string of the molecule is Oc1ccc(CCC2CNC2)cc1. The first-order chi connectivity index (χ1) is 6.34. The Labute approximate surface area is 78.6 Å². The van der Waals surface area contributed by atoms with E-state index in [-0.39, 0.29) is 0 Å². The minimum absolute atomic E-state index is 0.356. The van der Waals surface area contributed by atoms with Crippen LogP contribution in [0.15, 0.2) is 24.3 Å². The summed E-state index contributed by atoms with van der Waals surface area (Å²) in [6.45, 7) is 2.36. The summed E-state index contributed by atoms with van der Waals surface area (Å²) in [7, 11) is 0. The molecule has 1 aromatic rings. The molecule has 1 aliphatic heterocycles. The van der Waals surface area contributed by atoms with Gasteiger partial charge in [-0.05, 0) is 49.5 Å². The van der Waals surface area contributed by atoms with Crippen LogP contribution in [0.5, 0.6) is 5.75 Å². The van der Waals surface area contributed by atoms with Gasteiger partial charge in [0.05, 0.1) is 0 Å². The maximum absolute atomic E-state index is 9.08. The van der Waals surface area contributed by atoms with Gasteiger partial charge in [0, 0.05) is 0 Å². The van der Waals surface area contributed by atoms with Gasteiger partial charge in [0.25, 0.3) is 0 Å². The summed E-state index contributed by atoms with van der Waals surface area (Å²) in [6, 6.07) is 7.52. The van der Waals surface area contributed by atoms with Gasteiger partial charge in [-0.2, -0.15) is 0 Å². The molecule has 0 spiro atoms. The van der Waals surface area contributed by atoms with E-state index in [0.717, 1.165) is 12.3 Å². The number of phenolic OH excluding ortho intramolecular Hbond substituents is 1. The summed E-state index contributed by atoms with van der Waals surface area (Å²) in [5.74, 6) is 1.22. The Kier molecular flexibility index (Phi) is 2.50. The normalized spacial score (nSPS) is 16.9. The van der Waals surface area contributed by atoms with Crippen LogP contribution in [-0.4, -0.2) is 18.2 Å². The number of benzene rings is 1. The van der Waals surface area contributed by atoms with Crippen molar-refractivity contribution in [2.75, 3.05) is 13.1 Å². The van der Waals surface area contributed by atoms with Gasteiger partial charge in [-0.1, -0.05) is 12.1 Å². The van der Waals surface area contributed by atoms with Crippen molar-refractivity contribution in [3.63, 3.8) is 0 Å². The van der Waals surface area contributed by atoms with E-state index in [9.17, 15) is 0 Å². The topological polar surface area (TPSA) is 32.3 Å². The highest BCUT2D eigenvalue weighted by molar-refractivity contribution is 5.25. The highest BCUT2D eigenvalue weighted by Crippen LogP contribution is 2.15. The lowest BCUT2D eigenvalue weighted by Gasteiger charge is -2.26. The maximum Gasteiger partial charge on any atom is 0.115 e. The van der Waals surface area contributed by atoms with Crippen LogP contribution < -0.4 is 5.32 Å². The molecule has 70 valence electrons. The highest BCUT2D eigenvalue weighted by atomic mass is 16.3. The van der Waals surface area contributed by atoms with Crippen LogP contribution in [-0.2, 0) is 6.42 Å². The summed E-state index contributed by atoms with van der Waals surface area (Å²) in [5, 5.41) is 12.3. The van der Waals surface area contributed by atoms with Crippen molar-refractivity contribution in [2.45, 2.75) is 12.8 Å². The maximum atomic E-state index is 9.08. The molecular weight excluding hydrogens is 162 g/mol. The number of phenols is 1. The first kappa shape index (κ1) is 8.57. The average Bonchev–Trinajstić information content (AvgIpc) is 2.05. The van der Waals surface area contributed by atoms with E-state index in [2.05, 4.69) is 5.32 Å². The molecule has 1 aromatic carbocycles. The number of hydrogen-bond acceptors (Lipinski definition) is 2. The lowest BCUT2D eigenvalue weighted by molar-refractivity contribution is 0.328. The third kappa shape index (κ3) is 2.22. The van der Waals surface area contributed by atoms with E-state index in [1.54, 1.807) is 12.1 Å². The van der Waals surface area contributed by atoms with E-state index in [1.165, 1.54) is 25.1 Å². The van der Waals surface area contributed by atoms with Gasteiger partial charge in [0.15, 0.2) is 0 Å². The second-order valence-corrected chi connectivity index (χ2v) is 3.73. The fourth-order valence-electron chi connectivity index (χ4n) is 1.59. The van der Waals surface area contributed by atoms with Gasteiger partial charge in [-0.25, -0.2) is 0 Å². The third-order valence-corrected chi connectivity index (χ3v) is 2.64. The molecule has 1 aliphatic rings. The van der Waals surface area contributed by atoms with Crippen molar-refractivity contribution >= 4 is 0 Å². The van der Waals surface area contributed by atoms with Crippen LogP contribution in [0, 0.1) is 5.92 Å². The smallest absolute Gasteiger partial charge is 0.115 e. The average molecular weight is 177 g/mol. The largest absolute Gasteiger partial charge is 0.508 e. The Hall–Kier alpha value is -1.02. The quantitative estimate of drug-likeness (QED) is 0.734. The molecule has 0 amide bonds. The summed E-state index contributed by atoms with van der Waals surface area (Å²) in [5.41, 5.74) is 1.32. The summed E-state index contributed by atoms with van der Waals surface area (Å²) in [4.78, 5) is 0. The summed E-state index contributed by atoms with van der Waals surface area (Å²) in [6.07, 6.45) is 2.39. The second kappa shape index (κ2) is 3.79. The van der Waals surface area contributed by atoms with E-state index < -0.39 is 0 Å². The van der Waals surface area contributed by atoms with Crippen LogP contribution >= 0.6 is 0 Å². The van der Waals surface area contributed by atoms with Crippen molar-refractivity contribution < 1.29 is 5.11 Å². The Balaban J connectivity index is 1.83. The summed E-state index contributed by atoms with van der Waals surface area (Å²) >= 11 is 0. The van der Waals surface area contributed by atoms with E-state index >= 15 is 0 Å². The Morgan fingerprint density at radius 1 is 1.23 bits per heavy atom. The molecule has 13 heavy (non-hydrogen) atoms. The van der Waals surface area contributed by atoms with Gasteiger partial charge >= 0.3 is 0 Å². The first-order valence-electron chi connectivity index (χ1n) is 4.83. The number of aryl methyl sites for hydroxylation is 1. The zero-order chi connectivity index (χ0) is 9.10. The van der Waals surface area contributed by atoms with Crippen molar-refractivity contribution in [1.29, 1.82) is 0 Å². The summed E-state index contributed by atoms with van der Waals surface area (Å²) < 4.78 is 0. The van der Waals surface area contributed by atoms with Crippen LogP contribution in [0.2, 0.25) is 0 Å². The van der Waals surface area contributed by atoms with Crippen molar-refractivity contribution in [2.24, 2.45) is 5.92 Å². The van der Waals surface area contributed by atoms with Crippen LogP contribution in [0.4, 0.5) is 0 Å². The predicted octanol–water partition coefficient (Wildman–Crippen LogP) is 1.54. The minimum atomic E-state index is 0.356. The van der Waals surface area contributed by atoms with Crippen molar-refractivity contribution in [1.82, 2.24) is 5.32 Å². The molecule has 0 aromatic heterocycles. The van der Waals surface area contributed by atoms with Gasteiger partial charge in [-0.3, -0.25) is 0 Å². The van der Waals surface area contributed by atoms with Gasteiger partial charge in [0.1, 0.15) is 5.75 Å². The molecule has 2 N–H and O–H groups in total. The first-order valence-corrected chi connectivity index (χ1v) is 4.83. The lowest BCUT2D eigenvalue weighted by atomic mass is 9.95. The standard InChI is InChI=1S/C11H15NO/c13-11-5-3-9(4-6-11)1-2-10-7-12-8-10/h3-6,10,12-13H,1-2,7-8H2. The van der Waals surface area contributed by atoms with Gasteiger partial charge < -0.3 is 10.4 Å². The molecule has 1 fully saturated rings. The number of nitrogens with one attached hydrogen (secondary N) is 1. The number of aromatic hydroxyl groups is 1. The molecule has 0 atom stereocenters. The fourth-order valence-corrected chi connectivity index (χ4v) is 1.59. The number of rotatable bonds is 3. The highest BCUT2D eigenvalue weighted by Gasteiger charge is 2.15. The third-order valence-electron chi connectivity index (χ3n) is 2.64. The van der Waals surface area contributed by atoms with E-state index in [4.69, 9.17) is 5.11 Å². The molecular formula is C11H15NO. The van der Waals surface area contributed by atoms with E-state index in [0.29, 0.717) is 5.75 Å². The Morgan fingerprint density at radius 2 is 1.92 bits per heavy atom. The molecule has 1 heterocycles. The lowest BCUT2D eigenvalue weighted by Crippen LogP contribution is -2.42. The molecule has 0 saturated carbocycles.